The van der Waals surface area contributed by atoms with E-state index in [-0.39, 0.29) is 10.6 Å². The van der Waals surface area contributed by atoms with Crippen LogP contribution in [0.3, 0.4) is 0 Å². The molecule has 0 unspecified atom stereocenters. The van der Waals surface area contributed by atoms with E-state index in [4.69, 9.17) is 0 Å². The average Bonchev–Trinajstić information content (AvgIpc) is 2.25. The molecule has 1 aromatic rings. The zero-order valence-corrected chi connectivity index (χ0v) is 10.4. The maximum Gasteiger partial charge on any atom is 0.243 e. The van der Waals surface area contributed by atoms with Crippen LogP contribution in [0.25, 0.3) is 0 Å². The Morgan fingerprint density at radius 3 is 2.50 bits per heavy atom. The van der Waals surface area contributed by atoms with Crippen LogP contribution in [0.5, 0.6) is 5.75 Å². The lowest BCUT2D eigenvalue weighted by atomic mass is 10.3. The zero-order chi connectivity index (χ0) is 12.2. The van der Waals surface area contributed by atoms with E-state index in [0.717, 1.165) is 6.42 Å². The molecule has 0 aliphatic rings. The highest BCUT2D eigenvalue weighted by molar-refractivity contribution is 7.89. The number of phenols is 1. The van der Waals surface area contributed by atoms with Crippen molar-refractivity contribution in [3.63, 3.8) is 0 Å². The summed E-state index contributed by atoms with van der Waals surface area (Å²) in [6, 6.07) is 5.75. The van der Waals surface area contributed by atoms with Crippen molar-refractivity contribution in [1.29, 1.82) is 0 Å². The molecule has 0 bridgehead atoms. The fraction of sp³-hybridized carbons (Fsp3) is 0.455. The molecule has 0 saturated heterocycles. The number of hydrogen-bond donors (Lipinski definition) is 1. The fourth-order valence-electron chi connectivity index (χ4n) is 1.49. The molecule has 4 nitrogen and oxygen atoms in total. The molecule has 90 valence electrons. The number of phenolic OH excluding ortho intramolecular Hbond substituents is 1. The Balaban J connectivity index is 3.09. The standard InChI is InChI=1S/C11H17NO3S/c1-3-8-12(4-2)16(14,15)11-7-5-6-10(13)9-11/h5-7,9,13H,3-4,8H2,1-2H3. The lowest BCUT2D eigenvalue weighted by molar-refractivity contribution is 0.425. The second-order valence-electron chi connectivity index (χ2n) is 3.49. The summed E-state index contributed by atoms with van der Waals surface area (Å²) < 4.78 is 25.6. The maximum atomic E-state index is 12.1. The minimum absolute atomic E-state index is 0.0337. The van der Waals surface area contributed by atoms with Gasteiger partial charge in [-0.2, -0.15) is 4.31 Å². The molecular weight excluding hydrogens is 226 g/mol. The van der Waals surface area contributed by atoms with Crippen molar-refractivity contribution in [3.05, 3.63) is 24.3 Å². The fourth-order valence-corrected chi connectivity index (χ4v) is 3.07. The van der Waals surface area contributed by atoms with Crippen LogP contribution in [-0.2, 0) is 10.0 Å². The number of aromatic hydroxyl groups is 1. The van der Waals surface area contributed by atoms with Gasteiger partial charge in [-0.3, -0.25) is 0 Å². The van der Waals surface area contributed by atoms with Gasteiger partial charge in [-0.25, -0.2) is 8.42 Å². The maximum absolute atomic E-state index is 12.1. The molecule has 16 heavy (non-hydrogen) atoms. The van der Waals surface area contributed by atoms with Gasteiger partial charge in [0.2, 0.25) is 10.0 Å². The van der Waals surface area contributed by atoms with Crippen LogP contribution in [0.15, 0.2) is 29.2 Å². The van der Waals surface area contributed by atoms with Gasteiger partial charge in [0, 0.05) is 13.1 Å². The number of hydrogen-bond acceptors (Lipinski definition) is 3. The van der Waals surface area contributed by atoms with Gasteiger partial charge >= 0.3 is 0 Å². The molecule has 5 heteroatoms. The molecule has 0 aliphatic carbocycles. The molecule has 0 aromatic heterocycles. The van der Waals surface area contributed by atoms with E-state index in [1.807, 2.05) is 6.92 Å². The van der Waals surface area contributed by atoms with Crippen LogP contribution in [-0.4, -0.2) is 30.9 Å². The highest BCUT2D eigenvalue weighted by Gasteiger charge is 2.22. The Hall–Kier alpha value is -1.07. The minimum Gasteiger partial charge on any atom is -0.508 e. The third-order valence-electron chi connectivity index (χ3n) is 2.28. The second kappa shape index (κ2) is 5.32. The van der Waals surface area contributed by atoms with E-state index >= 15 is 0 Å². The topological polar surface area (TPSA) is 57.6 Å². The van der Waals surface area contributed by atoms with Crippen LogP contribution < -0.4 is 0 Å². The Labute approximate surface area is 96.6 Å². The lowest BCUT2D eigenvalue weighted by Crippen LogP contribution is -2.31. The number of benzene rings is 1. The first-order valence-electron chi connectivity index (χ1n) is 5.31. The molecule has 0 fully saturated rings. The van der Waals surface area contributed by atoms with E-state index in [2.05, 4.69) is 0 Å². The minimum atomic E-state index is -3.46. The van der Waals surface area contributed by atoms with Gasteiger partial charge < -0.3 is 5.11 Å². The summed E-state index contributed by atoms with van der Waals surface area (Å²) in [5.41, 5.74) is 0. The molecule has 0 aliphatic heterocycles. The molecule has 0 amide bonds. The summed E-state index contributed by atoms with van der Waals surface area (Å²) in [5, 5.41) is 9.28. The van der Waals surface area contributed by atoms with E-state index < -0.39 is 10.0 Å². The van der Waals surface area contributed by atoms with E-state index in [1.165, 1.54) is 28.6 Å². The molecule has 1 aromatic carbocycles. The first kappa shape index (κ1) is 13.0. The third-order valence-corrected chi connectivity index (χ3v) is 4.25. The Bertz CT molecular complexity index is 442. The van der Waals surface area contributed by atoms with E-state index in [1.54, 1.807) is 6.92 Å². The van der Waals surface area contributed by atoms with Crippen molar-refractivity contribution in [2.45, 2.75) is 25.2 Å². The SMILES string of the molecule is CCCN(CC)S(=O)(=O)c1cccc(O)c1. The average molecular weight is 243 g/mol. The summed E-state index contributed by atoms with van der Waals surface area (Å²) in [6.07, 6.45) is 0.770. The van der Waals surface area contributed by atoms with E-state index in [9.17, 15) is 13.5 Å². The number of rotatable bonds is 5. The van der Waals surface area contributed by atoms with Crippen LogP contribution >= 0.6 is 0 Å². The van der Waals surface area contributed by atoms with Gasteiger partial charge in [0.25, 0.3) is 0 Å². The molecule has 0 radical (unpaired) electrons. The van der Waals surface area contributed by atoms with Crippen LogP contribution in [0, 0.1) is 0 Å². The first-order valence-corrected chi connectivity index (χ1v) is 6.75. The number of nitrogens with zero attached hydrogens (tertiary/aromatic N) is 1. The van der Waals surface area contributed by atoms with Crippen LogP contribution in [0.2, 0.25) is 0 Å². The van der Waals surface area contributed by atoms with Gasteiger partial charge in [0.1, 0.15) is 5.75 Å². The molecule has 0 saturated carbocycles. The third kappa shape index (κ3) is 2.74. The van der Waals surface area contributed by atoms with Crippen molar-refractivity contribution in [2.75, 3.05) is 13.1 Å². The summed E-state index contributed by atoms with van der Waals surface area (Å²) in [4.78, 5) is 0.141. The van der Waals surface area contributed by atoms with Crippen LogP contribution in [0.4, 0.5) is 0 Å². The van der Waals surface area contributed by atoms with Crippen molar-refractivity contribution in [3.8, 4) is 5.75 Å². The molecule has 0 heterocycles. The summed E-state index contributed by atoms with van der Waals surface area (Å²) in [6.45, 7) is 4.66. The smallest absolute Gasteiger partial charge is 0.243 e. The number of sulfonamides is 1. The summed E-state index contributed by atoms with van der Waals surface area (Å²) in [5.74, 6) is -0.0337. The van der Waals surface area contributed by atoms with Gasteiger partial charge in [0.15, 0.2) is 0 Å². The monoisotopic (exact) mass is 243 g/mol. The molecule has 1 rings (SSSR count). The summed E-state index contributed by atoms with van der Waals surface area (Å²) >= 11 is 0. The first-order chi connectivity index (χ1) is 7.52. The molecule has 0 atom stereocenters. The van der Waals surface area contributed by atoms with Gasteiger partial charge in [-0.15, -0.1) is 0 Å². The van der Waals surface area contributed by atoms with Gasteiger partial charge in [-0.05, 0) is 24.6 Å². The largest absolute Gasteiger partial charge is 0.508 e. The Morgan fingerprint density at radius 1 is 1.31 bits per heavy atom. The Morgan fingerprint density at radius 2 is 2.00 bits per heavy atom. The molecule has 1 N–H and O–H groups in total. The molecule has 0 spiro atoms. The van der Waals surface area contributed by atoms with Crippen molar-refractivity contribution in [2.24, 2.45) is 0 Å². The van der Waals surface area contributed by atoms with Gasteiger partial charge in [0.05, 0.1) is 4.90 Å². The zero-order valence-electron chi connectivity index (χ0n) is 9.55. The highest BCUT2D eigenvalue weighted by atomic mass is 32.2. The van der Waals surface area contributed by atoms with Crippen LogP contribution in [0.1, 0.15) is 20.3 Å². The van der Waals surface area contributed by atoms with E-state index in [0.29, 0.717) is 13.1 Å². The normalized spacial score (nSPS) is 11.9. The predicted octanol–water partition coefficient (Wildman–Crippen LogP) is 1.81. The molecular formula is C11H17NO3S. The second-order valence-corrected chi connectivity index (χ2v) is 5.43. The van der Waals surface area contributed by atoms with Crippen molar-refractivity contribution < 1.29 is 13.5 Å². The van der Waals surface area contributed by atoms with Gasteiger partial charge in [-0.1, -0.05) is 19.9 Å². The van der Waals surface area contributed by atoms with Crippen molar-refractivity contribution in [1.82, 2.24) is 4.31 Å². The highest BCUT2D eigenvalue weighted by Crippen LogP contribution is 2.19. The quantitative estimate of drug-likeness (QED) is 0.858. The lowest BCUT2D eigenvalue weighted by Gasteiger charge is -2.19. The summed E-state index contributed by atoms with van der Waals surface area (Å²) in [7, 11) is -3.46. The Kier molecular flexibility index (Phi) is 4.32. The van der Waals surface area contributed by atoms with Crippen molar-refractivity contribution >= 4 is 10.0 Å². The predicted molar refractivity (Wildman–Crippen MR) is 62.8 cm³/mol.